The fourth-order valence-electron chi connectivity index (χ4n) is 3.57. The summed E-state index contributed by atoms with van der Waals surface area (Å²) in [5.74, 6) is 0.204. The summed E-state index contributed by atoms with van der Waals surface area (Å²) in [7, 11) is -3.87. The molecule has 0 radical (unpaired) electrons. The van der Waals surface area contributed by atoms with Crippen LogP contribution < -0.4 is 0 Å². The van der Waals surface area contributed by atoms with Gasteiger partial charge in [0.1, 0.15) is 5.82 Å². The number of piperidine rings is 1. The number of aryl methyl sites for hydroxylation is 1. The molecule has 1 aliphatic heterocycles. The number of nitro benzene ring substituents is 1. The van der Waals surface area contributed by atoms with Gasteiger partial charge in [0, 0.05) is 36.7 Å². The summed E-state index contributed by atoms with van der Waals surface area (Å²) in [6.07, 6.45) is 0.941. The molecule has 0 bridgehead atoms. The van der Waals surface area contributed by atoms with Crippen LogP contribution in [0, 0.1) is 22.9 Å². The molecule has 11 heteroatoms. The van der Waals surface area contributed by atoms with E-state index in [1.54, 1.807) is 19.1 Å². The van der Waals surface area contributed by atoms with E-state index in [1.807, 2.05) is 0 Å². The van der Waals surface area contributed by atoms with Gasteiger partial charge in [-0.2, -0.15) is 4.31 Å². The lowest BCUT2D eigenvalue weighted by Gasteiger charge is -2.30. The van der Waals surface area contributed by atoms with Crippen LogP contribution in [0.4, 0.5) is 10.1 Å². The maximum Gasteiger partial charge on any atom is 0.270 e. The molecule has 3 aromatic rings. The van der Waals surface area contributed by atoms with Crippen LogP contribution in [0.25, 0.3) is 11.5 Å². The normalized spacial score (nSPS) is 15.8. The van der Waals surface area contributed by atoms with Gasteiger partial charge in [0.2, 0.25) is 21.8 Å². The maximum atomic E-state index is 13.1. The Kier molecular flexibility index (Phi) is 5.54. The van der Waals surface area contributed by atoms with Crippen molar-refractivity contribution in [2.24, 2.45) is 0 Å². The summed E-state index contributed by atoms with van der Waals surface area (Å²) in [6.45, 7) is 2.06. The van der Waals surface area contributed by atoms with Crippen LogP contribution in [0.1, 0.15) is 30.2 Å². The Hall–Kier alpha value is -3.18. The molecule has 0 saturated carbocycles. The third-order valence-corrected chi connectivity index (χ3v) is 7.38. The number of nitro groups is 1. The van der Waals surface area contributed by atoms with Crippen LogP contribution in [0.15, 0.2) is 51.8 Å². The minimum atomic E-state index is -3.87. The highest BCUT2D eigenvalue weighted by Gasteiger charge is 2.33. The number of nitrogens with zero attached hydrogens (tertiary/aromatic N) is 4. The van der Waals surface area contributed by atoms with Gasteiger partial charge in [-0.05, 0) is 49.6 Å². The first kappa shape index (κ1) is 21.1. The second-order valence-corrected chi connectivity index (χ2v) is 9.24. The van der Waals surface area contributed by atoms with E-state index in [9.17, 15) is 22.9 Å². The highest BCUT2D eigenvalue weighted by molar-refractivity contribution is 7.89. The molecule has 162 valence electrons. The number of halogens is 1. The predicted octanol–water partition coefficient (Wildman–Crippen LogP) is 3.66. The van der Waals surface area contributed by atoms with Crippen molar-refractivity contribution in [3.05, 3.63) is 69.9 Å². The largest absolute Gasteiger partial charge is 0.420 e. The fourth-order valence-corrected chi connectivity index (χ4v) is 5.29. The van der Waals surface area contributed by atoms with E-state index in [0.717, 1.165) is 6.07 Å². The second-order valence-electron chi connectivity index (χ2n) is 7.34. The molecule has 0 N–H and O–H groups in total. The average Bonchev–Trinajstić information content (AvgIpc) is 3.24. The lowest BCUT2D eigenvalue weighted by Crippen LogP contribution is -2.38. The van der Waals surface area contributed by atoms with E-state index in [1.165, 1.54) is 28.6 Å². The zero-order valence-corrected chi connectivity index (χ0v) is 17.4. The van der Waals surface area contributed by atoms with Gasteiger partial charge in [-0.25, -0.2) is 12.8 Å². The van der Waals surface area contributed by atoms with Gasteiger partial charge in [-0.15, -0.1) is 10.2 Å². The summed E-state index contributed by atoms with van der Waals surface area (Å²) in [4.78, 5) is 10.4. The number of hydrogen-bond donors (Lipinski definition) is 0. The highest BCUT2D eigenvalue weighted by atomic mass is 32.2. The standard InChI is InChI=1S/C20H19FN4O5S/c1-13-2-7-17(25(26)27)12-18(13)31(28,29)24-10-8-15(9-11-24)20-23-22-19(30-20)14-3-5-16(21)6-4-14/h2-7,12,15H,8-11H2,1H3. The Morgan fingerprint density at radius 2 is 1.81 bits per heavy atom. The molecule has 2 aromatic carbocycles. The van der Waals surface area contributed by atoms with Crippen LogP contribution in [0.5, 0.6) is 0 Å². The Bertz CT molecular complexity index is 1220. The number of sulfonamides is 1. The summed E-state index contributed by atoms with van der Waals surface area (Å²) in [5, 5.41) is 19.1. The molecule has 4 rings (SSSR count). The minimum absolute atomic E-state index is 0.0588. The number of non-ortho nitro benzene ring substituents is 1. The van der Waals surface area contributed by atoms with Gasteiger partial charge in [0.05, 0.1) is 9.82 Å². The Labute approximate surface area is 177 Å². The van der Waals surface area contributed by atoms with E-state index in [2.05, 4.69) is 10.2 Å². The highest BCUT2D eigenvalue weighted by Crippen LogP contribution is 2.33. The first-order valence-corrected chi connectivity index (χ1v) is 11.0. The smallest absolute Gasteiger partial charge is 0.270 e. The molecule has 1 aliphatic rings. The van der Waals surface area contributed by atoms with Crippen molar-refractivity contribution in [3.8, 4) is 11.5 Å². The topological polar surface area (TPSA) is 119 Å². The van der Waals surface area contributed by atoms with Crippen LogP contribution in [0.2, 0.25) is 0 Å². The molecular formula is C20H19FN4O5S. The van der Waals surface area contributed by atoms with E-state index >= 15 is 0 Å². The number of aromatic nitrogens is 2. The van der Waals surface area contributed by atoms with E-state index < -0.39 is 14.9 Å². The summed E-state index contributed by atoms with van der Waals surface area (Å²) in [5.41, 5.74) is 0.785. The van der Waals surface area contributed by atoms with Gasteiger partial charge in [-0.1, -0.05) is 6.07 Å². The summed E-state index contributed by atoms with van der Waals surface area (Å²) in [6, 6.07) is 9.52. The van der Waals surface area contributed by atoms with Crippen molar-refractivity contribution >= 4 is 15.7 Å². The third-order valence-electron chi connectivity index (χ3n) is 5.34. The zero-order valence-electron chi connectivity index (χ0n) is 16.6. The molecule has 0 aliphatic carbocycles. The van der Waals surface area contributed by atoms with Crippen molar-refractivity contribution in [2.75, 3.05) is 13.1 Å². The minimum Gasteiger partial charge on any atom is -0.420 e. The van der Waals surface area contributed by atoms with Crippen molar-refractivity contribution in [1.29, 1.82) is 0 Å². The molecule has 0 unspecified atom stereocenters. The predicted molar refractivity (Wildman–Crippen MR) is 108 cm³/mol. The lowest BCUT2D eigenvalue weighted by atomic mass is 9.98. The number of rotatable bonds is 5. The number of benzene rings is 2. The first-order valence-electron chi connectivity index (χ1n) is 9.60. The molecule has 2 heterocycles. The van der Waals surface area contributed by atoms with Crippen molar-refractivity contribution in [3.63, 3.8) is 0 Å². The van der Waals surface area contributed by atoms with Gasteiger partial charge >= 0.3 is 0 Å². The van der Waals surface area contributed by atoms with E-state index in [4.69, 9.17) is 4.42 Å². The van der Waals surface area contributed by atoms with Crippen molar-refractivity contribution in [1.82, 2.24) is 14.5 Å². The fraction of sp³-hybridized carbons (Fsp3) is 0.300. The first-order chi connectivity index (χ1) is 14.8. The van der Waals surface area contributed by atoms with Crippen molar-refractivity contribution in [2.45, 2.75) is 30.6 Å². The van der Waals surface area contributed by atoms with Gasteiger partial charge < -0.3 is 4.42 Å². The number of hydrogen-bond acceptors (Lipinski definition) is 7. The second kappa shape index (κ2) is 8.16. The Morgan fingerprint density at radius 1 is 1.13 bits per heavy atom. The summed E-state index contributed by atoms with van der Waals surface area (Å²) >= 11 is 0. The molecule has 0 amide bonds. The molecule has 1 fully saturated rings. The van der Waals surface area contributed by atoms with Crippen LogP contribution in [0.3, 0.4) is 0 Å². The maximum absolute atomic E-state index is 13.1. The van der Waals surface area contributed by atoms with Crippen molar-refractivity contribution < 1.29 is 22.1 Å². The van der Waals surface area contributed by atoms with E-state index in [-0.39, 0.29) is 41.3 Å². The van der Waals surface area contributed by atoms with Crippen LogP contribution in [-0.2, 0) is 10.0 Å². The third kappa shape index (κ3) is 4.19. The van der Waals surface area contributed by atoms with Gasteiger partial charge in [0.25, 0.3) is 5.69 Å². The Balaban J connectivity index is 1.48. The molecule has 1 aromatic heterocycles. The Morgan fingerprint density at radius 3 is 2.45 bits per heavy atom. The van der Waals surface area contributed by atoms with Crippen LogP contribution in [-0.4, -0.2) is 40.9 Å². The van der Waals surface area contributed by atoms with Crippen LogP contribution >= 0.6 is 0 Å². The zero-order chi connectivity index (χ0) is 22.2. The summed E-state index contributed by atoms with van der Waals surface area (Å²) < 4.78 is 46.3. The average molecular weight is 446 g/mol. The monoisotopic (exact) mass is 446 g/mol. The quantitative estimate of drug-likeness (QED) is 0.433. The SMILES string of the molecule is Cc1ccc([N+](=O)[O-])cc1S(=O)(=O)N1CCC(c2nnc(-c3ccc(F)cc3)o2)CC1. The molecule has 9 nitrogen and oxygen atoms in total. The molecule has 0 atom stereocenters. The molecular weight excluding hydrogens is 427 g/mol. The molecule has 0 spiro atoms. The molecule has 31 heavy (non-hydrogen) atoms. The van der Waals surface area contributed by atoms with E-state index in [0.29, 0.717) is 29.9 Å². The lowest BCUT2D eigenvalue weighted by molar-refractivity contribution is -0.385. The van der Waals surface area contributed by atoms with Gasteiger partial charge in [0.15, 0.2) is 0 Å². The molecule has 1 saturated heterocycles. The van der Waals surface area contributed by atoms with Gasteiger partial charge in [-0.3, -0.25) is 10.1 Å².